The quantitative estimate of drug-likeness (QED) is 0.429. The molecule has 0 radical (unpaired) electrons. The summed E-state index contributed by atoms with van der Waals surface area (Å²) in [4.78, 5) is 17.6. The zero-order valence-electron chi connectivity index (χ0n) is 12.5. The van der Waals surface area contributed by atoms with Gasteiger partial charge in [0.2, 0.25) is 0 Å². The lowest BCUT2D eigenvalue weighted by Gasteiger charge is -2.06. The molecular weight excluding hydrogens is 298 g/mol. The highest BCUT2D eigenvalue weighted by atomic mass is 16.6. The van der Waals surface area contributed by atoms with E-state index in [-0.39, 0.29) is 5.69 Å². The van der Waals surface area contributed by atoms with Gasteiger partial charge in [-0.1, -0.05) is 12.1 Å². The fraction of sp³-hybridized carbons (Fsp3) is 0.188. The van der Waals surface area contributed by atoms with Crippen molar-refractivity contribution in [2.75, 3.05) is 20.3 Å². The van der Waals surface area contributed by atoms with Crippen LogP contribution < -0.4 is 4.74 Å². The number of rotatable bonds is 6. The summed E-state index contributed by atoms with van der Waals surface area (Å²) in [5, 5.41) is 11.5. The van der Waals surface area contributed by atoms with Gasteiger partial charge in [0.05, 0.1) is 11.5 Å². The molecule has 23 heavy (non-hydrogen) atoms. The van der Waals surface area contributed by atoms with Crippen molar-refractivity contribution < 1.29 is 14.4 Å². The Labute approximate surface area is 132 Å². The van der Waals surface area contributed by atoms with E-state index in [0.717, 1.165) is 17.0 Å². The summed E-state index contributed by atoms with van der Waals surface area (Å²) in [5.74, 6) is 0.733. The van der Waals surface area contributed by atoms with Gasteiger partial charge in [-0.25, -0.2) is 4.98 Å². The lowest BCUT2D eigenvalue weighted by molar-refractivity contribution is -0.385. The number of pyridine rings is 1. The van der Waals surface area contributed by atoms with Crippen LogP contribution >= 0.6 is 0 Å². The van der Waals surface area contributed by atoms with E-state index in [0.29, 0.717) is 24.2 Å². The van der Waals surface area contributed by atoms with Crippen LogP contribution in [0.1, 0.15) is 0 Å². The maximum Gasteiger partial charge on any atom is 0.288 e. The van der Waals surface area contributed by atoms with Crippen molar-refractivity contribution in [2.45, 2.75) is 0 Å². The van der Waals surface area contributed by atoms with E-state index in [9.17, 15) is 10.1 Å². The van der Waals surface area contributed by atoms with Crippen molar-refractivity contribution in [1.82, 2.24) is 9.97 Å². The van der Waals surface area contributed by atoms with Crippen molar-refractivity contribution in [2.24, 2.45) is 0 Å². The molecule has 0 amide bonds. The van der Waals surface area contributed by atoms with Crippen molar-refractivity contribution in [3.63, 3.8) is 0 Å². The number of benzene rings is 1. The second kappa shape index (κ2) is 6.45. The highest BCUT2D eigenvalue weighted by molar-refractivity contribution is 5.84. The van der Waals surface area contributed by atoms with Crippen LogP contribution in [0.5, 0.6) is 5.75 Å². The number of hydrogen-bond acceptors (Lipinski definition) is 5. The van der Waals surface area contributed by atoms with Gasteiger partial charge in [-0.15, -0.1) is 0 Å². The number of nitrogens with zero attached hydrogens (tertiary/aromatic N) is 2. The molecule has 3 rings (SSSR count). The number of ether oxygens (including phenoxy) is 2. The Morgan fingerprint density at radius 1 is 1.26 bits per heavy atom. The third-order valence-electron chi connectivity index (χ3n) is 3.37. The molecule has 0 unspecified atom stereocenters. The van der Waals surface area contributed by atoms with Gasteiger partial charge in [-0.05, 0) is 18.2 Å². The number of methoxy groups -OCH3 is 1. The molecule has 7 heteroatoms. The Hall–Kier alpha value is -2.93. The lowest BCUT2D eigenvalue weighted by atomic mass is 10.1. The zero-order valence-corrected chi connectivity index (χ0v) is 12.5. The molecule has 7 nitrogen and oxygen atoms in total. The standard InChI is InChI=1S/C16H15N3O4/c1-22-5-6-23-14-4-2-3-11(8-14)15-9-12-7-13(19(20)21)10-17-16(12)18-15/h2-4,7-10H,5-6H2,1H3,(H,17,18). The number of nitrogens with one attached hydrogen (secondary N) is 1. The normalized spacial score (nSPS) is 10.8. The van der Waals surface area contributed by atoms with Crippen LogP contribution in [-0.4, -0.2) is 35.2 Å². The molecule has 0 atom stereocenters. The Morgan fingerprint density at radius 3 is 2.91 bits per heavy atom. The van der Waals surface area contributed by atoms with Gasteiger partial charge in [0.1, 0.15) is 24.2 Å². The van der Waals surface area contributed by atoms with Gasteiger partial charge < -0.3 is 14.5 Å². The highest BCUT2D eigenvalue weighted by Gasteiger charge is 2.11. The Kier molecular flexibility index (Phi) is 4.20. The zero-order chi connectivity index (χ0) is 16.2. The number of nitro groups is 1. The van der Waals surface area contributed by atoms with Crippen molar-refractivity contribution in [3.8, 4) is 17.0 Å². The van der Waals surface area contributed by atoms with Gasteiger partial charge in [-0.2, -0.15) is 0 Å². The molecule has 0 aliphatic rings. The van der Waals surface area contributed by atoms with Crippen LogP contribution in [0.25, 0.3) is 22.3 Å². The van der Waals surface area contributed by atoms with Crippen LogP contribution in [0.2, 0.25) is 0 Å². The average Bonchev–Trinajstić information content (AvgIpc) is 2.98. The molecular formula is C16H15N3O4. The molecule has 0 bridgehead atoms. The molecule has 2 heterocycles. The topological polar surface area (TPSA) is 90.3 Å². The van der Waals surface area contributed by atoms with E-state index >= 15 is 0 Å². The summed E-state index contributed by atoms with van der Waals surface area (Å²) in [6.45, 7) is 0.991. The number of aromatic amines is 1. The van der Waals surface area contributed by atoms with Gasteiger partial charge >= 0.3 is 0 Å². The first kappa shape index (κ1) is 15.0. The SMILES string of the molecule is COCCOc1cccc(-c2cc3cc([N+](=O)[O-])cnc3[nH]2)c1. The average molecular weight is 313 g/mol. The maximum absolute atomic E-state index is 10.8. The molecule has 2 aromatic heterocycles. The van der Waals surface area contributed by atoms with Gasteiger partial charge in [0, 0.05) is 29.8 Å². The molecule has 1 N–H and O–H groups in total. The molecule has 1 aromatic carbocycles. The minimum atomic E-state index is -0.455. The maximum atomic E-state index is 10.8. The predicted molar refractivity (Wildman–Crippen MR) is 85.6 cm³/mol. The molecule has 0 saturated heterocycles. The smallest absolute Gasteiger partial charge is 0.288 e. The van der Waals surface area contributed by atoms with E-state index in [4.69, 9.17) is 9.47 Å². The number of fused-ring (bicyclic) bond motifs is 1. The van der Waals surface area contributed by atoms with Gasteiger partial charge in [0.25, 0.3) is 5.69 Å². The molecule has 0 aliphatic heterocycles. The van der Waals surface area contributed by atoms with Gasteiger partial charge in [0.15, 0.2) is 0 Å². The summed E-state index contributed by atoms with van der Waals surface area (Å²) >= 11 is 0. The molecule has 118 valence electrons. The first-order chi connectivity index (χ1) is 11.2. The number of hydrogen-bond donors (Lipinski definition) is 1. The Morgan fingerprint density at radius 2 is 2.13 bits per heavy atom. The molecule has 0 spiro atoms. The molecule has 3 aromatic rings. The van der Waals surface area contributed by atoms with E-state index in [1.54, 1.807) is 7.11 Å². The summed E-state index contributed by atoms with van der Waals surface area (Å²) < 4.78 is 10.5. The van der Waals surface area contributed by atoms with Crippen molar-refractivity contribution in [3.05, 3.63) is 52.7 Å². The van der Waals surface area contributed by atoms with Gasteiger partial charge in [-0.3, -0.25) is 10.1 Å². The summed E-state index contributed by atoms with van der Waals surface area (Å²) in [6, 6.07) is 10.9. The second-order valence-electron chi connectivity index (χ2n) is 4.94. The molecule has 0 aliphatic carbocycles. The lowest BCUT2D eigenvalue weighted by Crippen LogP contribution is -2.04. The minimum Gasteiger partial charge on any atom is -0.491 e. The van der Waals surface area contributed by atoms with E-state index in [2.05, 4.69) is 9.97 Å². The summed E-state index contributed by atoms with van der Waals surface area (Å²) in [7, 11) is 1.62. The van der Waals surface area contributed by atoms with E-state index < -0.39 is 4.92 Å². The fourth-order valence-corrected chi connectivity index (χ4v) is 2.26. The predicted octanol–water partition coefficient (Wildman–Crippen LogP) is 3.16. The third-order valence-corrected chi connectivity index (χ3v) is 3.37. The summed E-state index contributed by atoms with van der Waals surface area (Å²) in [5.41, 5.74) is 2.32. The van der Waals surface area contributed by atoms with E-state index in [1.807, 2.05) is 30.3 Å². The van der Waals surface area contributed by atoms with Crippen LogP contribution in [0.15, 0.2) is 42.6 Å². The Bertz CT molecular complexity index is 844. The van der Waals surface area contributed by atoms with Crippen LogP contribution in [0, 0.1) is 10.1 Å². The second-order valence-corrected chi connectivity index (χ2v) is 4.94. The summed E-state index contributed by atoms with van der Waals surface area (Å²) in [6.07, 6.45) is 1.24. The highest BCUT2D eigenvalue weighted by Crippen LogP contribution is 2.27. The first-order valence-electron chi connectivity index (χ1n) is 7.03. The fourth-order valence-electron chi connectivity index (χ4n) is 2.26. The molecule has 0 fully saturated rings. The largest absolute Gasteiger partial charge is 0.491 e. The third kappa shape index (κ3) is 3.29. The van der Waals surface area contributed by atoms with Crippen molar-refractivity contribution >= 4 is 16.7 Å². The van der Waals surface area contributed by atoms with Crippen molar-refractivity contribution in [1.29, 1.82) is 0 Å². The number of aromatic nitrogens is 2. The van der Waals surface area contributed by atoms with Crippen LogP contribution in [0.3, 0.4) is 0 Å². The monoisotopic (exact) mass is 313 g/mol. The minimum absolute atomic E-state index is 0.0281. The van der Waals surface area contributed by atoms with Crippen LogP contribution in [0.4, 0.5) is 5.69 Å². The molecule has 0 saturated carbocycles. The van der Waals surface area contributed by atoms with E-state index in [1.165, 1.54) is 12.3 Å². The first-order valence-corrected chi connectivity index (χ1v) is 7.03. The number of H-pyrrole nitrogens is 1. The Balaban J connectivity index is 1.90. The van der Waals surface area contributed by atoms with Crippen LogP contribution in [-0.2, 0) is 4.74 Å².